The lowest BCUT2D eigenvalue weighted by molar-refractivity contribution is 0.101. The molecule has 0 aliphatic heterocycles. The quantitative estimate of drug-likeness (QED) is 0.367. The first-order valence-corrected chi connectivity index (χ1v) is 9.75. The van der Waals surface area contributed by atoms with Gasteiger partial charge in [0, 0.05) is 11.4 Å². The lowest BCUT2D eigenvalue weighted by atomic mass is 10.1. The van der Waals surface area contributed by atoms with Gasteiger partial charge < -0.3 is 0 Å². The Kier molecular flexibility index (Phi) is 5.24. The zero-order valence-electron chi connectivity index (χ0n) is 14.4. The number of aromatic nitrogens is 2. The van der Waals surface area contributed by atoms with Crippen molar-refractivity contribution < 1.29 is 13.6 Å². The zero-order chi connectivity index (χ0) is 19.0. The van der Waals surface area contributed by atoms with Gasteiger partial charge in [-0.05, 0) is 44.5 Å². The number of hydrogen-bond donors (Lipinski definition) is 0. The molecule has 0 radical (unpaired) electrons. The summed E-state index contributed by atoms with van der Waals surface area (Å²) < 4.78 is 28.5. The van der Waals surface area contributed by atoms with Crippen molar-refractivity contribution in [2.24, 2.45) is 0 Å². The van der Waals surface area contributed by atoms with Gasteiger partial charge in [-0.15, -0.1) is 11.3 Å². The van der Waals surface area contributed by atoms with Crippen molar-refractivity contribution in [2.75, 3.05) is 5.75 Å². The fourth-order valence-corrected chi connectivity index (χ4v) is 4.63. The van der Waals surface area contributed by atoms with Crippen LogP contribution >= 0.6 is 23.1 Å². The maximum absolute atomic E-state index is 13.7. The zero-order valence-corrected chi connectivity index (χ0v) is 16.1. The van der Waals surface area contributed by atoms with Gasteiger partial charge in [0.25, 0.3) is 5.56 Å². The summed E-state index contributed by atoms with van der Waals surface area (Å²) in [5, 5.41) is 0.998. The molecule has 3 aromatic rings. The molecule has 0 saturated carbocycles. The van der Waals surface area contributed by atoms with E-state index in [4.69, 9.17) is 0 Å². The van der Waals surface area contributed by atoms with Gasteiger partial charge in [-0.3, -0.25) is 14.2 Å². The number of rotatable bonds is 5. The van der Waals surface area contributed by atoms with Crippen LogP contribution in [-0.2, 0) is 6.54 Å². The second kappa shape index (κ2) is 7.28. The monoisotopic (exact) mass is 394 g/mol. The van der Waals surface area contributed by atoms with Crippen molar-refractivity contribution in [2.45, 2.75) is 32.5 Å². The van der Waals surface area contributed by atoms with Crippen LogP contribution in [0.2, 0.25) is 0 Å². The third-order valence-corrected chi connectivity index (χ3v) is 6.21. The van der Waals surface area contributed by atoms with E-state index in [2.05, 4.69) is 4.98 Å². The van der Waals surface area contributed by atoms with Crippen molar-refractivity contribution >= 4 is 39.1 Å². The molecule has 4 nitrogen and oxygen atoms in total. The minimum atomic E-state index is -0.766. The average molecular weight is 394 g/mol. The minimum Gasteiger partial charge on any atom is -0.293 e. The highest BCUT2D eigenvalue weighted by Crippen LogP contribution is 2.28. The van der Waals surface area contributed by atoms with Gasteiger partial charge in [0.05, 0.1) is 16.7 Å². The Morgan fingerprint density at radius 3 is 2.73 bits per heavy atom. The summed E-state index contributed by atoms with van der Waals surface area (Å²) in [5.74, 6) is -2.13. The maximum atomic E-state index is 13.7. The predicted molar refractivity (Wildman–Crippen MR) is 100 cm³/mol. The largest absolute Gasteiger partial charge is 0.293 e. The summed E-state index contributed by atoms with van der Waals surface area (Å²) >= 11 is 2.48. The fraction of sp³-hybridized carbons (Fsp3) is 0.278. The molecule has 2 aromatic heterocycles. The second-order valence-corrected chi connectivity index (χ2v) is 7.89. The summed E-state index contributed by atoms with van der Waals surface area (Å²) in [6.45, 7) is 6.04. The summed E-state index contributed by atoms with van der Waals surface area (Å²) in [5.41, 5.74) is 0.470. The smallest absolute Gasteiger partial charge is 0.263 e. The molecule has 0 atom stereocenters. The van der Waals surface area contributed by atoms with Gasteiger partial charge in [0.2, 0.25) is 0 Å². The van der Waals surface area contributed by atoms with Gasteiger partial charge >= 0.3 is 0 Å². The van der Waals surface area contributed by atoms with Crippen LogP contribution < -0.4 is 5.56 Å². The Hall–Kier alpha value is -2.06. The molecule has 0 fully saturated rings. The molecule has 0 N–H and O–H groups in total. The minimum absolute atomic E-state index is 0.137. The second-order valence-electron chi connectivity index (χ2n) is 5.74. The van der Waals surface area contributed by atoms with E-state index in [-0.39, 0.29) is 16.9 Å². The number of carbonyl (C=O) groups is 1. The number of thiophene rings is 1. The van der Waals surface area contributed by atoms with Crippen molar-refractivity contribution in [3.05, 3.63) is 56.2 Å². The highest BCUT2D eigenvalue weighted by Gasteiger charge is 2.18. The molecule has 136 valence electrons. The van der Waals surface area contributed by atoms with E-state index >= 15 is 0 Å². The van der Waals surface area contributed by atoms with Gasteiger partial charge in [-0.1, -0.05) is 11.8 Å². The standard InChI is InChI=1S/C18H16F2N2O2S2/c1-4-22-17(24)15-9(2)10(3)26-16(15)21-18(22)25-8-14(23)12-7-11(19)5-6-13(12)20/h5-7H,4,8H2,1-3H3. The van der Waals surface area contributed by atoms with Crippen LogP contribution in [0, 0.1) is 25.5 Å². The number of benzene rings is 1. The third kappa shape index (κ3) is 3.31. The number of fused-ring (bicyclic) bond motifs is 1. The van der Waals surface area contributed by atoms with Crippen LogP contribution in [-0.4, -0.2) is 21.1 Å². The Morgan fingerprint density at radius 1 is 1.31 bits per heavy atom. The molecule has 0 aliphatic carbocycles. The van der Waals surface area contributed by atoms with Gasteiger partial charge in [0.15, 0.2) is 10.9 Å². The number of Topliss-reactive ketones (excluding diaryl/α,β-unsaturated/α-hetero) is 1. The van der Waals surface area contributed by atoms with E-state index < -0.39 is 17.4 Å². The van der Waals surface area contributed by atoms with Crippen molar-refractivity contribution in [3.63, 3.8) is 0 Å². The molecular weight excluding hydrogens is 378 g/mol. The van der Waals surface area contributed by atoms with E-state index in [0.29, 0.717) is 21.9 Å². The number of halogens is 2. The number of thioether (sulfide) groups is 1. The predicted octanol–water partition coefficient (Wildman–Crippen LogP) is 4.35. The number of ketones is 1. The molecule has 0 bridgehead atoms. The van der Waals surface area contributed by atoms with Crippen LogP contribution in [0.15, 0.2) is 28.2 Å². The van der Waals surface area contributed by atoms with Crippen molar-refractivity contribution in [3.8, 4) is 0 Å². The third-order valence-electron chi connectivity index (χ3n) is 4.13. The van der Waals surface area contributed by atoms with E-state index in [1.165, 1.54) is 15.9 Å². The van der Waals surface area contributed by atoms with Crippen LogP contribution in [0.25, 0.3) is 10.2 Å². The van der Waals surface area contributed by atoms with E-state index in [9.17, 15) is 18.4 Å². The molecule has 0 unspecified atom stereocenters. The van der Waals surface area contributed by atoms with Crippen LogP contribution in [0.4, 0.5) is 8.78 Å². The molecule has 0 aliphatic rings. The van der Waals surface area contributed by atoms with Crippen LogP contribution in [0.1, 0.15) is 27.7 Å². The molecule has 0 saturated heterocycles. The molecule has 26 heavy (non-hydrogen) atoms. The highest BCUT2D eigenvalue weighted by molar-refractivity contribution is 7.99. The molecule has 3 rings (SSSR count). The molecule has 8 heteroatoms. The van der Waals surface area contributed by atoms with E-state index in [1.54, 1.807) is 0 Å². The fourth-order valence-electron chi connectivity index (χ4n) is 2.62. The van der Waals surface area contributed by atoms with Crippen molar-refractivity contribution in [1.29, 1.82) is 0 Å². The lowest BCUT2D eigenvalue weighted by Gasteiger charge is -2.10. The summed E-state index contributed by atoms with van der Waals surface area (Å²) in [7, 11) is 0. The normalized spacial score (nSPS) is 11.3. The van der Waals surface area contributed by atoms with Gasteiger partial charge in [-0.2, -0.15) is 0 Å². The summed E-state index contributed by atoms with van der Waals surface area (Å²) in [4.78, 5) is 31.2. The molecule has 1 aromatic carbocycles. The number of carbonyl (C=O) groups excluding carboxylic acids is 1. The first-order valence-electron chi connectivity index (χ1n) is 7.95. The van der Waals surface area contributed by atoms with Crippen LogP contribution in [0.3, 0.4) is 0 Å². The van der Waals surface area contributed by atoms with Crippen molar-refractivity contribution in [1.82, 2.24) is 9.55 Å². The average Bonchev–Trinajstić information content (AvgIpc) is 2.89. The number of aryl methyl sites for hydroxylation is 2. The Labute approximate surface area is 156 Å². The number of hydrogen-bond acceptors (Lipinski definition) is 5. The van der Waals surface area contributed by atoms with E-state index in [0.717, 1.165) is 40.4 Å². The number of nitrogens with zero attached hydrogens (tertiary/aromatic N) is 2. The summed E-state index contributed by atoms with van der Waals surface area (Å²) in [6, 6.07) is 2.77. The summed E-state index contributed by atoms with van der Waals surface area (Å²) in [6.07, 6.45) is 0. The Morgan fingerprint density at radius 2 is 2.04 bits per heavy atom. The van der Waals surface area contributed by atoms with Gasteiger partial charge in [0.1, 0.15) is 16.5 Å². The SMILES string of the molecule is CCn1c(SCC(=O)c2cc(F)ccc2F)nc2sc(C)c(C)c2c1=O. The Balaban J connectivity index is 1.95. The topological polar surface area (TPSA) is 52.0 Å². The molecule has 0 amide bonds. The first-order chi connectivity index (χ1) is 12.3. The maximum Gasteiger partial charge on any atom is 0.263 e. The first kappa shape index (κ1) is 18.7. The highest BCUT2D eigenvalue weighted by atomic mass is 32.2. The Bertz CT molecular complexity index is 1070. The molecule has 0 spiro atoms. The molecule has 2 heterocycles. The molecular formula is C18H16F2N2O2S2. The van der Waals surface area contributed by atoms with Gasteiger partial charge in [-0.25, -0.2) is 13.8 Å². The lowest BCUT2D eigenvalue weighted by Crippen LogP contribution is -2.22. The van der Waals surface area contributed by atoms with E-state index in [1.807, 2.05) is 20.8 Å². The van der Waals surface area contributed by atoms with Crippen LogP contribution in [0.5, 0.6) is 0 Å².